The SMILES string of the molecule is COc1cc(CNC(=O)CN2CCC[C@@H](C)C2)ccc1OC(F)F. The van der Waals surface area contributed by atoms with Gasteiger partial charge in [-0.1, -0.05) is 13.0 Å². The molecule has 1 aromatic carbocycles. The van der Waals surface area contributed by atoms with Crippen molar-refractivity contribution in [1.29, 1.82) is 0 Å². The number of ether oxygens (including phenoxy) is 2. The number of hydrogen-bond acceptors (Lipinski definition) is 4. The number of amides is 1. The highest BCUT2D eigenvalue weighted by atomic mass is 19.3. The van der Waals surface area contributed by atoms with Gasteiger partial charge in [-0.2, -0.15) is 8.78 Å². The number of hydrogen-bond donors (Lipinski definition) is 1. The minimum absolute atomic E-state index is 0.0233. The molecule has 0 aromatic heterocycles. The summed E-state index contributed by atoms with van der Waals surface area (Å²) in [5.74, 6) is 0.769. The molecular weight excluding hydrogens is 318 g/mol. The van der Waals surface area contributed by atoms with Gasteiger partial charge in [-0.05, 0) is 43.0 Å². The van der Waals surface area contributed by atoms with E-state index >= 15 is 0 Å². The van der Waals surface area contributed by atoms with E-state index in [9.17, 15) is 13.6 Å². The molecule has 1 saturated heterocycles. The minimum atomic E-state index is -2.91. The van der Waals surface area contributed by atoms with E-state index in [1.54, 1.807) is 12.1 Å². The van der Waals surface area contributed by atoms with E-state index in [4.69, 9.17) is 4.74 Å². The largest absolute Gasteiger partial charge is 0.493 e. The lowest BCUT2D eigenvalue weighted by Gasteiger charge is -2.30. The Morgan fingerprint density at radius 3 is 2.88 bits per heavy atom. The van der Waals surface area contributed by atoms with Gasteiger partial charge >= 0.3 is 6.61 Å². The number of methoxy groups -OCH3 is 1. The smallest absolute Gasteiger partial charge is 0.387 e. The topological polar surface area (TPSA) is 50.8 Å². The predicted molar refractivity (Wildman–Crippen MR) is 86.3 cm³/mol. The number of alkyl halides is 2. The van der Waals surface area contributed by atoms with Crippen LogP contribution in [0.3, 0.4) is 0 Å². The van der Waals surface area contributed by atoms with Crippen molar-refractivity contribution in [1.82, 2.24) is 10.2 Å². The third-order valence-electron chi connectivity index (χ3n) is 4.04. The van der Waals surface area contributed by atoms with E-state index < -0.39 is 6.61 Å². The monoisotopic (exact) mass is 342 g/mol. The molecule has 0 saturated carbocycles. The Hall–Kier alpha value is -1.89. The van der Waals surface area contributed by atoms with Crippen molar-refractivity contribution in [3.63, 3.8) is 0 Å². The average molecular weight is 342 g/mol. The van der Waals surface area contributed by atoms with Gasteiger partial charge in [0.25, 0.3) is 0 Å². The first-order valence-electron chi connectivity index (χ1n) is 8.08. The average Bonchev–Trinajstić information content (AvgIpc) is 2.53. The van der Waals surface area contributed by atoms with E-state index in [0.717, 1.165) is 25.1 Å². The van der Waals surface area contributed by atoms with Gasteiger partial charge < -0.3 is 14.8 Å². The van der Waals surface area contributed by atoms with Gasteiger partial charge in [0.1, 0.15) is 0 Å². The highest BCUT2D eigenvalue weighted by molar-refractivity contribution is 5.78. The second-order valence-electron chi connectivity index (χ2n) is 6.12. The molecule has 1 amide bonds. The number of nitrogens with one attached hydrogen (secondary N) is 1. The van der Waals surface area contributed by atoms with Crippen molar-refractivity contribution in [2.45, 2.75) is 32.9 Å². The first-order chi connectivity index (χ1) is 11.5. The molecule has 134 valence electrons. The molecule has 2 rings (SSSR count). The maximum absolute atomic E-state index is 12.3. The maximum atomic E-state index is 12.3. The number of nitrogens with zero attached hydrogens (tertiary/aromatic N) is 1. The third kappa shape index (κ3) is 5.63. The Morgan fingerprint density at radius 1 is 1.42 bits per heavy atom. The lowest BCUT2D eigenvalue weighted by Crippen LogP contribution is -2.41. The zero-order chi connectivity index (χ0) is 17.5. The van der Waals surface area contributed by atoms with Crippen LogP contribution in [-0.4, -0.2) is 44.2 Å². The van der Waals surface area contributed by atoms with Gasteiger partial charge in [0.05, 0.1) is 13.7 Å². The van der Waals surface area contributed by atoms with Gasteiger partial charge in [-0.3, -0.25) is 9.69 Å². The Labute approximate surface area is 140 Å². The molecule has 1 aliphatic heterocycles. The van der Waals surface area contributed by atoms with Gasteiger partial charge in [0.15, 0.2) is 11.5 Å². The molecule has 0 aliphatic carbocycles. The minimum Gasteiger partial charge on any atom is -0.493 e. The Bertz CT molecular complexity index is 555. The van der Waals surface area contributed by atoms with Crippen molar-refractivity contribution >= 4 is 5.91 Å². The lowest BCUT2D eigenvalue weighted by molar-refractivity contribution is -0.122. The van der Waals surface area contributed by atoms with E-state index in [0.29, 0.717) is 19.0 Å². The van der Waals surface area contributed by atoms with Crippen LogP contribution < -0.4 is 14.8 Å². The summed E-state index contributed by atoms with van der Waals surface area (Å²) in [4.78, 5) is 14.2. The van der Waals surface area contributed by atoms with Crippen LogP contribution in [0.2, 0.25) is 0 Å². The number of carbonyl (C=O) groups excluding carboxylic acids is 1. The lowest BCUT2D eigenvalue weighted by atomic mass is 10.0. The molecule has 1 heterocycles. The van der Waals surface area contributed by atoms with Crippen LogP contribution in [0.1, 0.15) is 25.3 Å². The first-order valence-corrected chi connectivity index (χ1v) is 8.08. The van der Waals surface area contributed by atoms with Gasteiger partial charge in [0, 0.05) is 13.1 Å². The highest BCUT2D eigenvalue weighted by Gasteiger charge is 2.18. The second-order valence-corrected chi connectivity index (χ2v) is 6.12. The Morgan fingerprint density at radius 2 is 2.21 bits per heavy atom. The first kappa shape index (κ1) is 18.4. The van der Waals surface area contributed by atoms with Crippen LogP contribution >= 0.6 is 0 Å². The van der Waals surface area contributed by atoms with Crippen LogP contribution in [0.5, 0.6) is 11.5 Å². The van der Waals surface area contributed by atoms with Crippen LogP contribution in [0.4, 0.5) is 8.78 Å². The molecule has 24 heavy (non-hydrogen) atoms. The van der Waals surface area contributed by atoms with Crippen molar-refractivity contribution in [3.8, 4) is 11.5 Å². The van der Waals surface area contributed by atoms with Crippen molar-refractivity contribution in [2.24, 2.45) is 5.92 Å². The molecule has 1 N–H and O–H groups in total. The van der Waals surface area contributed by atoms with E-state index in [2.05, 4.69) is 21.9 Å². The molecule has 0 radical (unpaired) electrons. The summed E-state index contributed by atoms with van der Waals surface area (Å²) in [5, 5.41) is 2.85. The van der Waals surface area contributed by atoms with E-state index in [1.807, 2.05) is 0 Å². The molecule has 5 nitrogen and oxygen atoms in total. The third-order valence-corrected chi connectivity index (χ3v) is 4.04. The molecule has 1 fully saturated rings. The van der Waals surface area contributed by atoms with E-state index in [-0.39, 0.29) is 17.4 Å². The number of likely N-dealkylation sites (tertiary alicyclic amines) is 1. The number of piperidine rings is 1. The van der Waals surface area contributed by atoms with Gasteiger partial charge in [0.2, 0.25) is 5.91 Å². The number of carbonyl (C=O) groups is 1. The molecular formula is C17H24F2N2O3. The van der Waals surface area contributed by atoms with Crippen molar-refractivity contribution < 1.29 is 23.0 Å². The molecule has 0 unspecified atom stereocenters. The summed E-state index contributed by atoms with van der Waals surface area (Å²) in [6.45, 7) is 1.88. The fraction of sp³-hybridized carbons (Fsp3) is 0.588. The van der Waals surface area contributed by atoms with Crippen LogP contribution in [0.25, 0.3) is 0 Å². The molecule has 7 heteroatoms. The summed E-state index contributed by atoms with van der Waals surface area (Å²) in [6.07, 6.45) is 2.34. The van der Waals surface area contributed by atoms with E-state index in [1.165, 1.54) is 19.6 Å². The van der Waals surface area contributed by atoms with Crippen molar-refractivity contribution in [2.75, 3.05) is 26.7 Å². The van der Waals surface area contributed by atoms with Crippen LogP contribution in [-0.2, 0) is 11.3 Å². The molecule has 0 bridgehead atoms. The number of halogens is 2. The normalized spacial score (nSPS) is 18.5. The zero-order valence-electron chi connectivity index (χ0n) is 14.1. The summed E-state index contributed by atoms with van der Waals surface area (Å²) in [5.41, 5.74) is 0.758. The number of rotatable bonds is 7. The molecule has 1 aliphatic rings. The molecule has 1 atom stereocenters. The fourth-order valence-corrected chi connectivity index (χ4v) is 2.91. The van der Waals surface area contributed by atoms with Gasteiger partial charge in [-0.15, -0.1) is 0 Å². The summed E-state index contributed by atoms with van der Waals surface area (Å²) in [6, 6.07) is 4.63. The quantitative estimate of drug-likeness (QED) is 0.828. The standard InChI is InChI=1S/C17H24F2N2O3/c1-12-4-3-7-21(10-12)11-16(22)20-9-13-5-6-14(24-17(18)19)15(8-13)23-2/h5-6,8,12,17H,3-4,7,9-11H2,1-2H3,(H,20,22)/t12-/m1/s1. The Kier molecular flexibility index (Phi) is 6.78. The molecule has 1 aromatic rings. The Balaban J connectivity index is 1.85. The summed E-state index contributed by atoms with van der Waals surface area (Å²) >= 11 is 0. The maximum Gasteiger partial charge on any atom is 0.387 e. The molecule has 0 spiro atoms. The second kappa shape index (κ2) is 8.82. The fourth-order valence-electron chi connectivity index (χ4n) is 2.91. The van der Waals surface area contributed by atoms with Gasteiger partial charge in [-0.25, -0.2) is 0 Å². The van der Waals surface area contributed by atoms with Crippen LogP contribution in [0.15, 0.2) is 18.2 Å². The van der Waals surface area contributed by atoms with Crippen molar-refractivity contribution in [3.05, 3.63) is 23.8 Å². The number of benzene rings is 1. The predicted octanol–water partition coefficient (Wildman–Crippen LogP) is 2.64. The highest BCUT2D eigenvalue weighted by Crippen LogP contribution is 2.29. The zero-order valence-corrected chi connectivity index (χ0v) is 14.1. The summed E-state index contributed by atoms with van der Waals surface area (Å²) in [7, 11) is 1.38. The van der Waals surface area contributed by atoms with Crippen LogP contribution in [0, 0.1) is 5.92 Å². The summed E-state index contributed by atoms with van der Waals surface area (Å²) < 4.78 is 34.0.